The molecule has 0 aromatic heterocycles. The van der Waals surface area contributed by atoms with Crippen molar-refractivity contribution in [3.63, 3.8) is 0 Å². The van der Waals surface area contributed by atoms with E-state index in [0.29, 0.717) is 0 Å². The van der Waals surface area contributed by atoms with Gasteiger partial charge in [-0.3, -0.25) is 4.79 Å². The number of hydrogen-bond donors (Lipinski definition) is 0. The van der Waals surface area contributed by atoms with Crippen LogP contribution in [0.25, 0.3) is 0 Å². The second-order valence-electron chi connectivity index (χ2n) is 7.05. The van der Waals surface area contributed by atoms with Crippen LogP contribution in [-0.4, -0.2) is 25.8 Å². The maximum absolute atomic E-state index is 12.5. The van der Waals surface area contributed by atoms with Gasteiger partial charge in [0.1, 0.15) is 0 Å². The average Bonchev–Trinajstić information content (AvgIpc) is 2.26. The molecule has 19 heavy (non-hydrogen) atoms. The predicted octanol–water partition coefficient (Wildman–Crippen LogP) is 3.50. The molecule has 0 amide bonds. The number of rotatable bonds is 2. The molecule has 0 aliphatic heterocycles. The quantitative estimate of drug-likeness (QED) is 0.718. The van der Waals surface area contributed by atoms with Crippen LogP contribution in [0.2, 0.25) is 0 Å². The highest BCUT2D eigenvalue weighted by molar-refractivity contribution is 6.01. The van der Waals surface area contributed by atoms with Crippen molar-refractivity contribution in [3.05, 3.63) is 23.3 Å². The average molecular weight is 266 g/mol. The normalized spacial score (nSPS) is 20.1. The lowest BCUT2D eigenvalue weighted by Gasteiger charge is -2.41. The SMILES string of the molecule is COC1(OC)C(=O)C=C(C(C)(C)C)C=C1C(C)(C)C. The van der Waals surface area contributed by atoms with Crippen LogP contribution in [0.5, 0.6) is 0 Å². The Bertz CT molecular complexity index is 424. The van der Waals surface area contributed by atoms with E-state index in [-0.39, 0.29) is 16.6 Å². The summed E-state index contributed by atoms with van der Waals surface area (Å²) in [6, 6.07) is 0. The lowest BCUT2D eigenvalue weighted by molar-refractivity contribution is -0.190. The lowest BCUT2D eigenvalue weighted by atomic mass is 9.72. The van der Waals surface area contributed by atoms with Gasteiger partial charge in [-0.1, -0.05) is 47.6 Å². The molecule has 0 saturated heterocycles. The van der Waals surface area contributed by atoms with Crippen LogP contribution >= 0.6 is 0 Å². The summed E-state index contributed by atoms with van der Waals surface area (Å²) in [7, 11) is 3.02. The van der Waals surface area contributed by atoms with Gasteiger partial charge in [-0.15, -0.1) is 0 Å². The number of hydrogen-bond acceptors (Lipinski definition) is 3. The van der Waals surface area contributed by atoms with Crippen LogP contribution in [-0.2, 0) is 14.3 Å². The highest BCUT2D eigenvalue weighted by atomic mass is 16.7. The summed E-state index contributed by atoms with van der Waals surface area (Å²) in [5, 5.41) is 0. The first-order valence-electron chi connectivity index (χ1n) is 6.58. The summed E-state index contributed by atoms with van der Waals surface area (Å²) in [5.74, 6) is -1.43. The molecule has 0 N–H and O–H groups in total. The molecule has 1 rings (SSSR count). The zero-order valence-electron chi connectivity index (χ0n) is 13.4. The Hall–Kier alpha value is -0.930. The van der Waals surface area contributed by atoms with Gasteiger partial charge < -0.3 is 9.47 Å². The van der Waals surface area contributed by atoms with Crippen molar-refractivity contribution in [2.24, 2.45) is 10.8 Å². The van der Waals surface area contributed by atoms with E-state index < -0.39 is 5.79 Å². The van der Waals surface area contributed by atoms with Crippen molar-refractivity contribution in [1.82, 2.24) is 0 Å². The van der Waals surface area contributed by atoms with E-state index >= 15 is 0 Å². The Labute approximate surface area is 116 Å². The fourth-order valence-electron chi connectivity index (χ4n) is 2.31. The van der Waals surface area contributed by atoms with Crippen LogP contribution in [0, 0.1) is 10.8 Å². The molecule has 0 radical (unpaired) electrons. The number of carbonyl (C=O) groups excluding carboxylic acids is 1. The molecule has 0 aromatic rings. The first-order chi connectivity index (χ1) is 8.49. The maximum atomic E-state index is 12.5. The molecule has 108 valence electrons. The first kappa shape index (κ1) is 16.1. The molecule has 3 heteroatoms. The summed E-state index contributed by atoms with van der Waals surface area (Å²) in [6.45, 7) is 12.5. The zero-order chi connectivity index (χ0) is 15.1. The lowest BCUT2D eigenvalue weighted by Crippen LogP contribution is -2.49. The van der Waals surface area contributed by atoms with Gasteiger partial charge in [-0.2, -0.15) is 0 Å². The molecule has 0 fully saturated rings. The number of carbonyl (C=O) groups is 1. The van der Waals surface area contributed by atoms with Gasteiger partial charge in [-0.25, -0.2) is 0 Å². The zero-order valence-corrected chi connectivity index (χ0v) is 13.4. The third-order valence-corrected chi connectivity index (χ3v) is 3.51. The summed E-state index contributed by atoms with van der Waals surface area (Å²) < 4.78 is 10.9. The molecule has 1 aliphatic rings. The molecule has 0 heterocycles. The highest BCUT2D eigenvalue weighted by Crippen LogP contribution is 2.43. The second-order valence-corrected chi connectivity index (χ2v) is 7.05. The van der Waals surface area contributed by atoms with Crippen molar-refractivity contribution >= 4 is 5.78 Å². The van der Waals surface area contributed by atoms with Gasteiger partial charge in [0.05, 0.1) is 0 Å². The van der Waals surface area contributed by atoms with E-state index in [0.717, 1.165) is 11.1 Å². The topological polar surface area (TPSA) is 35.5 Å². The van der Waals surface area contributed by atoms with Gasteiger partial charge in [0.2, 0.25) is 5.78 Å². The minimum absolute atomic E-state index is 0.0835. The molecule has 0 aromatic carbocycles. The number of allylic oxidation sites excluding steroid dienone is 2. The van der Waals surface area contributed by atoms with Gasteiger partial charge in [0.25, 0.3) is 5.79 Å². The molecular formula is C16H26O3. The van der Waals surface area contributed by atoms with Crippen LogP contribution in [0.3, 0.4) is 0 Å². The molecule has 0 atom stereocenters. The summed E-state index contributed by atoms with van der Waals surface area (Å²) in [6.07, 6.45) is 3.69. The fraction of sp³-hybridized carbons (Fsp3) is 0.688. The second kappa shape index (κ2) is 4.88. The Morgan fingerprint density at radius 1 is 0.895 bits per heavy atom. The largest absolute Gasteiger partial charge is 0.343 e. The Balaban J connectivity index is 3.49. The molecule has 0 saturated carbocycles. The van der Waals surface area contributed by atoms with E-state index in [2.05, 4.69) is 47.6 Å². The van der Waals surface area contributed by atoms with E-state index in [4.69, 9.17) is 9.47 Å². The van der Waals surface area contributed by atoms with E-state index in [9.17, 15) is 4.79 Å². The molecule has 3 nitrogen and oxygen atoms in total. The Morgan fingerprint density at radius 2 is 1.37 bits per heavy atom. The third kappa shape index (κ3) is 2.82. The highest BCUT2D eigenvalue weighted by Gasteiger charge is 2.48. The van der Waals surface area contributed by atoms with Crippen LogP contribution in [0.15, 0.2) is 23.3 Å². The van der Waals surface area contributed by atoms with Gasteiger partial charge in [0.15, 0.2) is 0 Å². The first-order valence-corrected chi connectivity index (χ1v) is 6.58. The van der Waals surface area contributed by atoms with Crippen molar-refractivity contribution in [1.29, 1.82) is 0 Å². The number of methoxy groups -OCH3 is 2. The minimum Gasteiger partial charge on any atom is -0.343 e. The van der Waals surface area contributed by atoms with Crippen LogP contribution in [0.1, 0.15) is 41.5 Å². The predicted molar refractivity (Wildman–Crippen MR) is 76.8 cm³/mol. The van der Waals surface area contributed by atoms with Gasteiger partial charge in [-0.05, 0) is 22.5 Å². The van der Waals surface area contributed by atoms with E-state index in [1.54, 1.807) is 6.08 Å². The molecule has 0 spiro atoms. The maximum Gasteiger partial charge on any atom is 0.256 e. The van der Waals surface area contributed by atoms with Crippen molar-refractivity contribution in [2.45, 2.75) is 47.3 Å². The van der Waals surface area contributed by atoms with E-state index in [1.165, 1.54) is 14.2 Å². The molecule has 0 unspecified atom stereocenters. The third-order valence-electron chi connectivity index (χ3n) is 3.51. The monoisotopic (exact) mass is 266 g/mol. The molecular weight excluding hydrogens is 240 g/mol. The van der Waals surface area contributed by atoms with Gasteiger partial charge >= 0.3 is 0 Å². The fourth-order valence-corrected chi connectivity index (χ4v) is 2.31. The Morgan fingerprint density at radius 3 is 1.68 bits per heavy atom. The van der Waals surface area contributed by atoms with Crippen molar-refractivity contribution < 1.29 is 14.3 Å². The number of ether oxygens (including phenoxy) is 2. The molecule has 0 bridgehead atoms. The van der Waals surface area contributed by atoms with E-state index in [1.807, 2.05) is 0 Å². The van der Waals surface area contributed by atoms with Crippen LogP contribution < -0.4 is 0 Å². The standard InChI is InChI=1S/C16H26O3/c1-14(2,3)11-9-12(15(4,5)6)16(18-7,19-8)13(17)10-11/h9-10H,1-8H3. The minimum atomic E-state index is -1.28. The summed E-state index contributed by atoms with van der Waals surface area (Å²) in [4.78, 5) is 12.5. The van der Waals surface area contributed by atoms with Gasteiger partial charge in [0, 0.05) is 19.8 Å². The van der Waals surface area contributed by atoms with Crippen molar-refractivity contribution in [2.75, 3.05) is 14.2 Å². The molecule has 1 aliphatic carbocycles. The smallest absolute Gasteiger partial charge is 0.256 e. The Kier molecular flexibility index (Phi) is 4.14. The summed E-state index contributed by atoms with van der Waals surface area (Å²) in [5.41, 5.74) is 1.57. The number of ketones is 1. The van der Waals surface area contributed by atoms with Crippen LogP contribution in [0.4, 0.5) is 0 Å². The van der Waals surface area contributed by atoms with Crippen molar-refractivity contribution in [3.8, 4) is 0 Å². The summed E-state index contributed by atoms with van der Waals surface area (Å²) >= 11 is 0.